The Balaban J connectivity index is 0.00000280. The van der Waals surface area contributed by atoms with E-state index in [2.05, 4.69) is 0 Å². The third-order valence-electron chi connectivity index (χ3n) is 3.86. The van der Waals surface area contributed by atoms with E-state index in [1.807, 2.05) is 43.3 Å². The number of rotatable bonds is 7. The molecule has 0 atom stereocenters. The zero-order valence-electron chi connectivity index (χ0n) is 15.9. The van der Waals surface area contributed by atoms with Crippen LogP contribution in [-0.4, -0.2) is 33.3 Å². The Morgan fingerprint density at radius 2 is 1.79 bits per heavy atom. The van der Waals surface area contributed by atoms with Crippen LogP contribution in [-0.2, 0) is 0 Å². The van der Waals surface area contributed by atoms with Gasteiger partial charge in [-0.15, -0.1) is 0 Å². The van der Waals surface area contributed by atoms with E-state index in [-0.39, 0.29) is 53.7 Å². The number of ether oxygens (including phenoxy) is 2. The zero-order chi connectivity index (χ0) is 19.4. The molecule has 3 aromatic rings. The summed E-state index contributed by atoms with van der Waals surface area (Å²) < 4.78 is 16.5. The van der Waals surface area contributed by atoms with Crippen LogP contribution in [0.25, 0.3) is 11.0 Å². The molecule has 8 heteroatoms. The van der Waals surface area contributed by atoms with Crippen molar-refractivity contribution < 1.29 is 53.3 Å². The number of carbonyl (C=O) groups excluding carboxylic acids is 1. The van der Waals surface area contributed by atoms with Crippen LogP contribution in [0, 0.1) is 0 Å². The van der Waals surface area contributed by atoms with E-state index in [1.54, 1.807) is 12.1 Å². The van der Waals surface area contributed by atoms with E-state index < -0.39 is 17.2 Å². The van der Waals surface area contributed by atoms with Crippen LogP contribution in [0.5, 0.6) is 11.5 Å². The fraction of sp³-hybridized carbons (Fsp3) is 0.200. The molecule has 0 fully saturated rings. The van der Waals surface area contributed by atoms with E-state index in [0.717, 1.165) is 11.8 Å². The second-order valence-electron chi connectivity index (χ2n) is 5.98. The first-order valence-electron chi connectivity index (χ1n) is 8.27. The summed E-state index contributed by atoms with van der Waals surface area (Å²) in [5.74, 6) is -1.06. The van der Waals surface area contributed by atoms with Gasteiger partial charge in [0.15, 0.2) is 11.2 Å². The summed E-state index contributed by atoms with van der Waals surface area (Å²) in [5.41, 5.74) is 0.633. The summed E-state index contributed by atoms with van der Waals surface area (Å²) >= 11 is 0. The number of hydrogen-bond acceptors (Lipinski definition) is 7. The van der Waals surface area contributed by atoms with E-state index in [0.29, 0.717) is 11.5 Å². The molecule has 7 nitrogen and oxygen atoms in total. The summed E-state index contributed by atoms with van der Waals surface area (Å²) in [5, 5.41) is 11.1. The Morgan fingerprint density at radius 3 is 2.50 bits per heavy atom. The van der Waals surface area contributed by atoms with Gasteiger partial charge in [-0.3, -0.25) is 4.79 Å². The molecule has 0 bridgehead atoms. The van der Waals surface area contributed by atoms with Crippen molar-refractivity contribution in [2.75, 3.05) is 32.2 Å². The first kappa shape index (κ1) is 21.8. The Bertz CT molecular complexity index is 1030. The van der Waals surface area contributed by atoms with Gasteiger partial charge >= 0.3 is 29.6 Å². The van der Waals surface area contributed by atoms with Crippen molar-refractivity contribution in [2.45, 2.75) is 0 Å². The number of hydrogen-bond donors (Lipinski definition) is 0. The Morgan fingerprint density at radius 1 is 1.07 bits per heavy atom. The largest absolute Gasteiger partial charge is 1.00 e. The number of carboxylic acids is 1. The molecule has 1 aromatic heterocycles. The maximum absolute atomic E-state index is 12.2. The van der Waals surface area contributed by atoms with Crippen molar-refractivity contribution in [3.63, 3.8) is 0 Å². The van der Waals surface area contributed by atoms with Crippen LogP contribution in [0.1, 0.15) is 10.6 Å². The summed E-state index contributed by atoms with van der Waals surface area (Å²) in [6.45, 7) is 0.475. The smallest absolute Gasteiger partial charge is 0.542 e. The molecule has 0 unspecified atom stereocenters. The third-order valence-corrected chi connectivity index (χ3v) is 3.86. The molecule has 0 spiro atoms. The zero-order valence-corrected chi connectivity index (χ0v) is 17.9. The van der Waals surface area contributed by atoms with Gasteiger partial charge in [0.25, 0.3) is 0 Å². The normalized spacial score (nSPS) is 10.2. The monoisotopic (exact) mass is 391 g/mol. The minimum absolute atomic E-state index is 0. The van der Waals surface area contributed by atoms with Gasteiger partial charge in [0.1, 0.15) is 41.7 Å². The van der Waals surface area contributed by atoms with E-state index in [1.165, 1.54) is 6.07 Å². The number of aromatic carboxylic acids is 1. The average molecular weight is 391 g/mol. The first-order chi connectivity index (χ1) is 13.0. The number of nitrogens with zero attached hydrogens (tertiary/aromatic N) is 1. The molecule has 0 radical (unpaired) electrons. The summed E-state index contributed by atoms with van der Waals surface area (Å²) in [6, 6.07) is 13.2. The van der Waals surface area contributed by atoms with Gasteiger partial charge in [-0.25, -0.2) is 0 Å². The van der Waals surface area contributed by atoms with Gasteiger partial charge in [0.05, 0.1) is 0 Å². The number of carboxylic acid groups (broad SMARTS) is 1. The molecule has 0 N–H and O–H groups in total. The predicted octanol–water partition coefficient (Wildman–Crippen LogP) is -1.32. The van der Waals surface area contributed by atoms with Crippen molar-refractivity contribution in [1.29, 1.82) is 0 Å². The number of carbonyl (C=O) groups is 1. The van der Waals surface area contributed by atoms with Crippen molar-refractivity contribution in [3.8, 4) is 11.5 Å². The third kappa shape index (κ3) is 5.07. The van der Waals surface area contributed by atoms with Crippen LogP contribution >= 0.6 is 0 Å². The van der Waals surface area contributed by atoms with E-state index >= 15 is 0 Å². The Hall–Kier alpha value is -2.48. The Kier molecular flexibility index (Phi) is 7.51. The Labute approximate surface area is 183 Å². The minimum atomic E-state index is -1.55. The molecule has 28 heavy (non-hydrogen) atoms. The number of benzene rings is 2. The van der Waals surface area contributed by atoms with Gasteiger partial charge in [0.2, 0.25) is 0 Å². The minimum Gasteiger partial charge on any atom is -0.542 e. The maximum Gasteiger partial charge on any atom is 1.00 e. The van der Waals surface area contributed by atoms with Crippen LogP contribution in [0.3, 0.4) is 0 Å². The molecule has 0 aliphatic carbocycles. The van der Waals surface area contributed by atoms with Gasteiger partial charge in [0, 0.05) is 31.9 Å². The number of fused-ring (bicyclic) bond motifs is 1. The molecule has 2 aromatic carbocycles. The van der Waals surface area contributed by atoms with Gasteiger partial charge in [-0.1, -0.05) is 12.1 Å². The van der Waals surface area contributed by atoms with Crippen molar-refractivity contribution >= 4 is 22.6 Å². The SMILES string of the molecule is CN(C)c1cccc(OCCOc2cccc3oc(C(=O)[O-])cc(=O)c23)c1.[Na+]. The van der Waals surface area contributed by atoms with Crippen LogP contribution in [0.4, 0.5) is 5.69 Å². The number of anilines is 1. The molecule has 1 heterocycles. The topological polar surface area (TPSA) is 92.0 Å². The van der Waals surface area contributed by atoms with E-state index in [9.17, 15) is 14.7 Å². The molecule has 0 amide bonds. The molecule has 0 aliphatic rings. The van der Waals surface area contributed by atoms with Crippen LogP contribution in [0.15, 0.2) is 57.7 Å². The molecule has 0 saturated heterocycles. The van der Waals surface area contributed by atoms with Crippen molar-refractivity contribution in [2.24, 2.45) is 0 Å². The molecule has 3 rings (SSSR count). The fourth-order valence-corrected chi connectivity index (χ4v) is 2.56. The van der Waals surface area contributed by atoms with Crippen LogP contribution in [0.2, 0.25) is 0 Å². The van der Waals surface area contributed by atoms with Gasteiger partial charge < -0.3 is 28.7 Å². The van der Waals surface area contributed by atoms with Gasteiger partial charge in [-0.2, -0.15) is 0 Å². The second kappa shape index (κ2) is 9.64. The summed E-state index contributed by atoms with van der Waals surface area (Å²) in [4.78, 5) is 25.1. The first-order valence-corrected chi connectivity index (χ1v) is 8.27. The van der Waals surface area contributed by atoms with Crippen LogP contribution < -0.4 is 54.5 Å². The average Bonchev–Trinajstić information content (AvgIpc) is 2.65. The second-order valence-corrected chi connectivity index (χ2v) is 5.98. The molecule has 140 valence electrons. The quantitative estimate of drug-likeness (QED) is 0.365. The molecular weight excluding hydrogens is 373 g/mol. The standard InChI is InChI=1S/C20H19NO6.Na/c1-21(2)13-5-3-6-14(11-13)25-9-10-26-16-7-4-8-17-19(16)15(22)12-18(27-17)20(23)24;/h3-8,11-12H,9-10H2,1-2H3,(H,23,24);/q;+1/p-1. The van der Waals surface area contributed by atoms with Crippen molar-refractivity contribution in [3.05, 3.63) is 64.5 Å². The summed E-state index contributed by atoms with van der Waals surface area (Å²) in [6.07, 6.45) is 0. The van der Waals surface area contributed by atoms with E-state index in [4.69, 9.17) is 13.9 Å². The fourth-order valence-electron chi connectivity index (χ4n) is 2.56. The molecule has 0 aliphatic heterocycles. The maximum atomic E-state index is 12.2. The summed E-state index contributed by atoms with van der Waals surface area (Å²) in [7, 11) is 3.89. The molecular formula is C20H18NNaO6. The predicted molar refractivity (Wildman–Crippen MR) is 98.6 cm³/mol. The van der Waals surface area contributed by atoms with Gasteiger partial charge in [-0.05, 0) is 24.3 Å². The molecule has 0 saturated carbocycles. The van der Waals surface area contributed by atoms with Crippen molar-refractivity contribution in [1.82, 2.24) is 0 Å².